The van der Waals surface area contributed by atoms with Crippen LogP contribution in [-0.4, -0.2) is 18.8 Å². The maximum atomic E-state index is 12.2. The molecule has 0 amide bonds. The Labute approximate surface area is 130 Å². The first kappa shape index (κ1) is 14.3. The van der Waals surface area contributed by atoms with E-state index in [1.54, 1.807) is 0 Å². The molecule has 0 aliphatic carbocycles. The number of carbonyl (C=O) groups excluding carboxylic acids is 1. The van der Waals surface area contributed by atoms with Crippen LogP contribution < -0.4 is 0 Å². The molecule has 3 nitrogen and oxygen atoms in total. The molecule has 0 N–H and O–H groups in total. The summed E-state index contributed by atoms with van der Waals surface area (Å²) in [5.74, 6) is -0.714. The summed E-state index contributed by atoms with van der Waals surface area (Å²) in [5, 5.41) is 0. The number of benzene rings is 2. The Bertz CT molecular complexity index is 746. The highest BCUT2D eigenvalue weighted by molar-refractivity contribution is 6.21. The van der Waals surface area contributed by atoms with Gasteiger partial charge in [-0.2, -0.15) is 0 Å². The third kappa shape index (κ3) is 2.46. The first-order chi connectivity index (χ1) is 10.7. The second-order valence-corrected chi connectivity index (χ2v) is 5.20. The van der Waals surface area contributed by atoms with Crippen molar-refractivity contribution in [2.45, 2.75) is 6.92 Å². The number of hydrogen-bond acceptors (Lipinski definition) is 3. The van der Waals surface area contributed by atoms with Crippen LogP contribution >= 0.6 is 0 Å². The number of carbonyl (C=O) groups is 1. The molecule has 2 aromatic carbocycles. The minimum absolute atomic E-state index is 0.272. The minimum atomic E-state index is -0.442. The van der Waals surface area contributed by atoms with Crippen molar-refractivity contribution < 1.29 is 9.53 Å². The van der Waals surface area contributed by atoms with Gasteiger partial charge in [-0.1, -0.05) is 60.7 Å². The quantitative estimate of drug-likeness (QED) is 0.806. The van der Waals surface area contributed by atoms with Gasteiger partial charge in [-0.25, -0.2) is 0 Å². The summed E-state index contributed by atoms with van der Waals surface area (Å²) in [6.07, 6.45) is 0. The van der Waals surface area contributed by atoms with Gasteiger partial charge in [0.1, 0.15) is 5.92 Å². The largest absolute Gasteiger partial charge is 0.468 e. The predicted octanol–water partition coefficient (Wildman–Crippen LogP) is 3.82. The maximum absolute atomic E-state index is 12.2. The van der Waals surface area contributed by atoms with Crippen LogP contribution in [0.3, 0.4) is 0 Å². The second kappa shape index (κ2) is 5.98. The molecule has 1 atom stereocenters. The van der Waals surface area contributed by atoms with Crippen molar-refractivity contribution in [2.75, 3.05) is 7.11 Å². The van der Waals surface area contributed by atoms with E-state index in [0.29, 0.717) is 0 Å². The van der Waals surface area contributed by atoms with Crippen molar-refractivity contribution in [1.82, 2.24) is 0 Å². The summed E-state index contributed by atoms with van der Waals surface area (Å²) in [6, 6.07) is 19.8. The summed E-state index contributed by atoms with van der Waals surface area (Å²) < 4.78 is 4.99. The molecule has 1 aliphatic heterocycles. The molecule has 2 aromatic rings. The number of hydrogen-bond donors (Lipinski definition) is 0. The van der Waals surface area contributed by atoms with Crippen LogP contribution in [0.5, 0.6) is 0 Å². The van der Waals surface area contributed by atoms with E-state index in [9.17, 15) is 4.79 Å². The molecule has 0 spiro atoms. The fraction of sp³-hybridized carbons (Fsp3) is 0.158. The van der Waals surface area contributed by atoms with Crippen molar-refractivity contribution in [3.8, 4) is 0 Å². The lowest BCUT2D eigenvalue weighted by atomic mass is 9.89. The van der Waals surface area contributed by atoms with Crippen molar-refractivity contribution >= 4 is 23.0 Å². The molecule has 1 aliphatic rings. The van der Waals surface area contributed by atoms with Crippen LogP contribution in [0.1, 0.15) is 18.1 Å². The molecule has 3 heteroatoms. The number of nitrogens with zero attached hydrogens (tertiary/aromatic N) is 1. The molecule has 3 rings (SSSR count). The summed E-state index contributed by atoms with van der Waals surface area (Å²) in [6.45, 7) is 1.88. The van der Waals surface area contributed by atoms with E-state index >= 15 is 0 Å². The highest BCUT2D eigenvalue weighted by Gasteiger charge is 2.35. The summed E-state index contributed by atoms with van der Waals surface area (Å²) in [5.41, 5.74) is 4.53. The monoisotopic (exact) mass is 291 g/mol. The first-order valence-corrected chi connectivity index (χ1v) is 7.20. The van der Waals surface area contributed by atoms with E-state index in [-0.39, 0.29) is 5.97 Å². The van der Waals surface area contributed by atoms with Gasteiger partial charge >= 0.3 is 5.97 Å². The van der Waals surface area contributed by atoms with Crippen molar-refractivity contribution in [2.24, 2.45) is 10.9 Å². The Hall–Kier alpha value is -2.68. The van der Waals surface area contributed by atoms with Gasteiger partial charge in [-0.05, 0) is 12.5 Å². The van der Waals surface area contributed by atoms with Crippen LogP contribution in [0.25, 0.3) is 11.3 Å². The Morgan fingerprint density at radius 1 is 0.955 bits per heavy atom. The van der Waals surface area contributed by atoms with Gasteiger partial charge in [-0.15, -0.1) is 0 Å². The highest BCUT2D eigenvalue weighted by atomic mass is 16.5. The zero-order chi connectivity index (χ0) is 15.5. The lowest BCUT2D eigenvalue weighted by Crippen LogP contribution is -2.22. The zero-order valence-corrected chi connectivity index (χ0v) is 12.6. The number of esters is 1. The van der Waals surface area contributed by atoms with Crippen LogP contribution in [0, 0.1) is 5.92 Å². The van der Waals surface area contributed by atoms with Gasteiger partial charge in [0.25, 0.3) is 0 Å². The van der Waals surface area contributed by atoms with Gasteiger partial charge in [0.15, 0.2) is 0 Å². The van der Waals surface area contributed by atoms with Gasteiger partial charge in [0.2, 0.25) is 0 Å². The molecular formula is C19H17NO2. The lowest BCUT2D eigenvalue weighted by molar-refractivity contribution is -0.141. The predicted molar refractivity (Wildman–Crippen MR) is 88.3 cm³/mol. The van der Waals surface area contributed by atoms with Crippen LogP contribution in [-0.2, 0) is 9.53 Å². The van der Waals surface area contributed by atoms with Gasteiger partial charge in [-0.3, -0.25) is 9.79 Å². The van der Waals surface area contributed by atoms with Gasteiger partial charge in [0, 0.05) is 16.8 Å². The normalized spacial score (nSPS) is 17.4. The van der Waals surface area contributed by atoms with E-state index in [1.165, 1.54) is 7.11 Å². The Morgan fingerprint density at radius 2 is 1.50 bits per heavy atom. The Morgan fingerprint density at radius 3 is 2.05 bits per heavy atom. The van der Waals surface area contributed by atoms with E-state index in [4.69, 9.17) is 4.74 Å². The van der Waals surface area contributed by atoms with E-state index in [1.807, 2.05) is 67.6 Å². The molecule has 0 aromatic heterocycles. The Balaban J connectivity index is 2.21. The average molecular weight is 291 g/mol. The summed E-state index contributed by atoms with van der Waals surface area (Å²) in [7, 11) is 1.42. The van der Waals surface area contributed by atoms with E-state index in [0.717, 1.165) is 28.1 Å². The second-order valence-electron chi connectivity index (χ2n) is 5.20. The molecule has 0 radical (unpaired) electrons. The molecule has 0 bridgehead atoms. The number of methoxy groups -OCH3 is 1. The smallest absolute Gasteiger partial charge is 0.319 e. The van der Waals surface area contributed by atoms with Crippen LogP contribution in [0.15, 0.2) is 65.7 Å². The lowest BCUT2D eigenvalue weighted by Gasteiger charge is -2.14. The molecule has 0 saturated carbocycles. The minimum Gasteiger partial charge on any atom is -0.468 e. The molecule has 22 heavy (non-hydrogen) atoms. The van der Waals surface area contributed by atoms with Crippen molar-refractivity contribution in [1.29, 1.82) is 0 Å². The van der Waals surface area contributed by atoms with Crippen molar-refractivity contribution in [3.63, 3.8) is 0 Å². The summed E-state index contributed by atoms with van der Waals surface area (Å²) >= 11 is 0. The molecule has 0 fully saturated rings. The van der Waals surface area contributed by atoms with Crippen LogP contribution in [0.2, 0.25) is 0 Å². The van der Waals surface area contributed by atoms with E-state index < -0.39 is 5.92 Å². The van der Waals surface area contributed by atoms with Crippen LogP contribution in [0.4, 0.5) is 0 Å². The molecule has 0 saturated heterocycles. The van der Waals surface area contributed by atoms with E-state index in [2.05, 4.69) is 4.99 Å². The standard InChI is InChI=1S/C19H17NO2/c1-13-16(19(21)22-2)17(14-9-5-3-6-10-14)18(20-13)15-11-7-4-8-12-15/h3-12,16H,1-2H3/t16-/m0/s1. The number of ether oxygens (including phenoxy) is 1. The maximum Gasteiger partial charge on any atom is 0.319 e. The number of aliphatic imine (C=N–C) groups is 1. The molecule has 0 unspecified atom stereocenters. The molecular weight excluding hydrogens is 274 g/mol. The SMILES string of the molecule is COC(=O)[C@H]1C(C)=NC(c2ccccc2)=C1c1ccccc1. The molecule has 110 valence electrons. The topological polar surface area (TPSA) is 38.7 Å². The fourth-order valence-electron chi connectivity index (χ4n) is 2.79. The van der Waals surface area contributed by atoms with Crippen molar-refractivity contribution in [3.05, 3.63) is 71.8 Å². The average Bonchev–Trinajstić information content (AvgIpc) is 2.93. The fourth-order valence-corrected chi connectivity index (χ4v) is 2.79. The zero-order valence-electron chi connectivity index (χ0n) is 12.6. The van der Waals surface area contributed by atoms with Gasteiger partial charge in [0.05, 0.1) is 12.8 Å². The summed E-state index contributed by atoms with van der Waals surface area (Å²) in [4.78, 5) is 16.9. The first-order valence-electron chi connectivity index (χ1n) is 7.20. The third-order valence-corrected chi connectivity index (χ3v) is 3.82. The van der Waals surface area contributed by atoms with Gasteiger partial charge < -0.3 is 4.74 Å². The third-order valence-electron chi connectivity index (χ3n) is 3.82. The highest BCUT2D eigenvalue weighted by Crippen LogP contribution is 2.39. The Kier molecular flexibility index (Phi) is 3.88. The number of rotatable bonds is 3. The molecule has 1 heterocycles.